The summed E-state index contributed by atoms with van der Waals surface area (Å²) in [7, 11) is 0. The zero-order valence-corrected chi connectivity index (χ0v) is 14.7. The molecule has 0 spiro atoms. The Morgan fingerprint density at radius 1 is 1.43 bits per heavy atom. The van der Waals surface area contributed by atoms with Gasteiger partial charge in [-0.1, -0.05) is 17.7 Å². The van der Waals surface area contributed by atoms with Crippen molar-refractivity contribution in [2.45, 2.75) is 31.6 Å². The van der Waals surface area contributed by atoms with Gasteiger partial charge in [-0.05, 0) is 38.5 Å². The second-order valence-corrected chi connectivity index (χ2v) is 7.98. The van der Waals surface area contributed by atoms with Crippen LogP contribution < -0.4 is 5.32 Å². The summed E-state index contributed by atoms with van der Waals surface area (Å²) in [4.78, 5) is 12.1. The van der Waals surface area contributed by atoms with E-state index in [1.165, 1.54) is 11.8 Å². The van der Waals surface area contributed by atoms with Crippen molar-refractivity contribution in [1.82, 2.24) is 9.78 Å². The number of halogens is 1. The van der Waals surface area contributed by atoms with Crippen molar-refractivity contribution in [1.29, 1.82) is 0 Å². The number of phenols is 1. The van der Waals surface area contributed by atoms with Gasteiger partial charge in [0.25, 0.3) is 0 Å². The third-order valence-corrected chi connectivity index (χ3v) is 5.22. The van der Waals surface area contributed by atoms with Gasteiger partial charge >= 0.3 is 0 Å². The first-order valence-corrected chi connectivity index (χ1v) is 8.68. The fourth-order valence-electron chi connectivity index (χ4n) is 2.57. The largest absolute Gasteiger partial charge is 0.506 e. The smallest absolute Gasteiger partial charge is 0.235 e. The van der Waals surface area contributed by atoms with E-state index < -0.39 is 0 Å². The molecule has 1 aromatic heterocycles. The number of aromatic nitrogens is 2. The van der Waals surface area contributed by atoms with Gasteiger partial charge in [0, 0.05) is 5.56 Å². The fraction of sp³-hybridized carbons (Fsp3) is 0.375. The lowest BCUT2D eigenvalue weighted by Crippen LogP contribution is -2.27. The van der Waals surface area contributed by atoms with Gasteiger partial charge in [-0.25, -0.2) is 4.68 Å². The van der Waals surface area contributed by atoms with Gasteiger partial charge in [0.05, 0.1) is 27.8 Å². The van der Waals surface area contributed by atoms with Crippen molar-refractivity contribution in [2.75, 3.05) is 11.1 Å². The summed E-state index contributed by atoms with van der Waals surface area (Å²) in [6.07, 6.45) is 1.80. The average molecular weight is 352 g/mol. The SMILES string of the molecule is CC(C)(C)n1ncc2c1NC(=O)CS[C@@H]2c1ccc(O)c(Cl)c1. The first-order chi connectivity index (χ1) is 10.8. The predicted octanol–water partition coefficient (Wildman–Crippen LogP) is 3.77. The predicted molar refractivity (Wildman–Crippen MR) is 93.3 cm³/mol. The van der Waals surface area contributed by atoms with Crippen LogP contribution in [0, 0.1) is 0 Å². The Morgan fingerprint density at radius 2 is 2.17 bits per heavy atom. The zero-order chi connectivity index (χ0) is 16.8. The van der Waals surface area contributed by atoms with Gasteiger partial charge in [0.1, 0.15) is 11.6 Å². The van der Waals surface area contributed by atoms with Crippen LogP contribution in [0.2, 0.25) is 5.02 Å². The van der Waals surface area contributed by atoms with Crippen LogP contribution in [0.1, 0.15) is 37.1 Å². The Bertz CT molecular complexity index is 767. The minimum absolute atomic E-state index is 0.0466. The molecule has 2 N–H and O–H groups in total. The highest BCUT2D eigenvalue weighted by atomic mass is 35.5. The number of hydrogen-bond acceptors (Lipinski definition) is 4. The molecule has 3 rings (SSSR count). The number of aromatic hydroxyl groups is 1. The highest BCUT2D eigenvalue weighted by molar-refractivity contribution is 8.00. The second-order valence-electron chi connectivity index (χ2n) is 6.48. The monoisotopic (exact) mass is 351 g/mol. The van der Waals surface area contributed by atoms with E-state index in [4.69, 9.17) is 11.6 Å². The number of phenolic OH excluding ortho intramolecular Hbond substituents is 1. The summed E-state index contributed by atoms with van der Waals surface area (Å²) in [6, 6.07) is 5.14. The van der Waals surface area contributed by atoms with Crippen LogP contribution in [-0.4, -0.2) is 26.5 Å². The lowest BCUT2D eigenvalue weighted by Gasteiger charge is -2.23. The molecule has 1 aromatic carbocycles. The van der Waals surface area contributed by atoms with Crippen molar-refractivity contribution in [3.8, 4) is 5.75 Å². The standard InChI is InChI=1S/C16H18ClN3O2S/c1-16(2,3)20-15-10(7-18-20)14(23-8-13(22)19-15)9-4-5-12(21)11(17)6-9/h4-7,14,21H,8H2,1-3H3,(H,19,22)/t14-/m1/s1. The maximum absolute atomic E-state index is 12.1. The van der Waals surface area contributed by atoms with E-state index in [1.807, 2.05) is 31.5 Å². The number of rotatable bonds is 1. The van der Waals surface area contributed by atoms with Gasteiger partial charge in [-0.2, -0.15) is 5.10 Å². The molecule has 0 fully saturated rings. The van der Waals surface area contributed by atoms with Crippen molar-refractivity contribution >= 4 is 35.1 Å². The minimum atomic E-state index is -0.243. The van der Waals surface area contributed by atoms with Crippen LogP contribution in [0.5, 0.6) is 5.75 Å². The molecule has 122 valence electrons. The molecule has 1 amide bonds. The normalized spacial score (nSPS) is 18.3. The summed E-state index contributed by atoms with van der Waals surface area (Å²) in [5.74, 6) is 1.08. The molecule has 23 heavy (non-hydrogen) atoms. The highest BCUT2D eigenvalue weighted by Crippen LogP contribution is 2.43. The van der Waals surface area contributed by atoms with Crippen LogP contribution in [0.15, 0.2) is 24.4 Å². The van der Waals surface area contributed by atoms with E-state index in [0.717, 1.165) is 16.9 Å². The maximum atomic E-state index is 12.1. The van der Waals surface area contributed by atoms with Gasteiger partial charge in [0.15, 0.2) is 0 Å². The number of fused-ring (bicyclic) bond motifs is 1. The van der Waals surface area contributed by atoms with Crippen LogP contribution in [-0.2, 0) is 10.3 Å². The lowest BCUT2D eigenvalue weighted by atomic mass is 10.1. The summed E-state index contributed by atoms with van der Waals surface area (Å²) in [6.45, 7) is 6.12. The van der Waals surface area contributed by atoms with E-state index in [9.17, 15) is 9.90 Å². The second kappa shape index (κ2) is 5.76. The summed E-state index contributed by atoms with van der Waals surface area (Å²) < 4.78 is 1.83. The molecular weight excluding hydrogens is 334 g/mol. The summed E-state index contributed by atoms with van der Waals surface area (Å²) in [5, 5.41) is 17.3. The maximum Gasteiger partial charge on any atom is 0.235 e. The van der Waals surface area contributed by atoms with Gasteiger partial charge in [0.2, 0.25) is 5.91 Å². The van der Waals surface area contributed by atoms with Crippen LogP contribution in [0.25, 0.3) is 0 Å². The molecule has 1 aliphatic rings. The van der Waals surface area contributed by atoms with Crippen molar-refractivity contribution < 1.29 is 9.90 Å². The van der Waals surface area contributed by atoms with Gasteiger partial charge in [-0.3, -0.25) is 4.79 Å². The summed E-state index contributed by atoms with van der Waals surface area (Å²) in [5.41, 5.74) is 1.63. The van der Waals surface area contributed by atoms with E-state index in [-0.39, 0.29) is 22.4 Å². The quantitative estimate of drug-likeness (QED) is 0.820. The number of nitrogens with zero attached hydrogens (tertiary/aromatic N) is 2. The Morgan fingerprint density at radius 3 is 2.83 bits per heavy atom. The molecule has 7 heteroatoms. The van der Waals surface area contributed by atoms with Gasteiger partial charge < -0.3 is 10.4 Å². The Hall–Kier alpha value is -1.66. The molecule has 2 heterocycles. The van der Waals surface area contributed by atoms with Crippen molar-refractivity contribution in [3.05, 3.63) is 40.5 Å². The number of hydrogen-bond donors (Lipinski definition) is 2. The average Bonchev–Trinajstić information content (AvgIpc) is 2.79. The fourth-order valence-corrected chi connectivity index (χ4v) is 3.84. The Kier molecular flexibility index (Phi) is 4.06. The molecule has 2 aromatic rings. The number of thioether (sulfide) groups is 1. The number of anilines is 1. The number of carbonyl (C=O) groups is 1. The van der Waals surface area contributed by atoms with E-state index in [1.54, 1.807) is 18.3 Å². The van der Waals surface area contributed by atoms with Gasteiger partial charge in [-0.15, -0.1) is 11.8 Å². The molecule has 0 saturated carbocycles. The zero-order valence-electron chi connectivity index (χ0n) is 13.1. The molecule has 1 aliphatic heterocycles. The van der Waals surface area contributed by atoms with Crippen molar-refractivity contribution in [2.24, 2.45) is 0 Å². The first-order valence-electron chi connectivity index (χ1n) is 7.25. The third kappa shape index (κ3) is 3.05. The Labute approximate surface area is 144 Å². The van der Waals surface area contributed by atoms with E-state index in [2.05, 4.69) is 10.4 Å². The minimum Gasteiger partial charge on any atom is -0.506 e. The highest BCUT2D eigenvalue weighted by Gasteiger charge is 2.30. The molecule has 1 atom stereocenters. The lowest BCUT2D eigenvalue weighted by molar-refractivity contribution is -0.113. The molecular formula is C16H18ClN3O2S. The number of benzene rings is 1. The molecule has 0 bridgehead atoms. The molecule has 5 nitrogen and oxygen atoms in total. The third-order valence-electron chi connectivity index (χ3n) is 3.63. The number of amides is 1. The molecule has 0 radical (unpaired) electrons. The van der Waals surface area contributed by atoms with E-state index >= 15 is 0 Å². The molecule has 0 aliphatic carbocycles. The number of carbonyl (C=O) groups excluding carboxylic acids is 1. The topological polar surface area (TPSA) is 67.2 Å². The van der Waals surface area contributed by atoms with Crippen molar-refractivity contribution in [3.63, 3.8) is 0 Å². The molecule has 0 saturated heterocycles. The Balaban J connectivity index is 2.12. The number of nitrogens with one attached hydrogen (secondary N) is 1. The molecule has 0 unspecified atom stereocenters. The van der Waals surface area contributed by atoms with Crippen LogP contribution >= 0.6 is 23.4 Å². The summed E-state index contributed by atoms with van der Waals surface area (Å²) >= 11 is 7.57. The van der Waals surface area contributed by atoms with Crippen LogP contribution in [0.3, 0.4) is 0 Å². The first kappa shape index (κ1) is 16.2. The van der Waals surface area contributed by atoms with E-state index in [0.29, 0.717) is 10.8 Å². The van der Waals surface area contributed by atoms with Crippen LogP contribution in [0.4, 0.5) is 5.82 Å².